The van der Waals surface area contributed by atoms with Crippen LogP contribution in [0.15, 0.2) is 67.0 Å². The number of carbonyl (C=O) groups excluding carboxylic acids is 2. The van der Waals surface area contributed by atoms with Crippen LogP contribution in [0.1, 0.15) is 39.8 Å². The SMILES string of the molecule is CC(=O)c1ccc(NC(=O)c2cc(NCCCc3ccccc3)ncn2)cc1. The molecule has 2 N–H and O–H groups in total. The number of rotatable bonds is 8. The molecule has 0 radical (unpaired) electrons. The number of Topliss-reactive ketones (excluding diaryl/α,β-unsaturated/α-hetero) is 1. The van der Waals surface area contributed by atoms with Crippen molar-refractivity contribution in [2.24, 2.45) is 0 Å². The van der Waals surface area contributed by atoms with E-state index >= 15 is 0 Å². The van der Waals surface area contributed by atoms with Crippen molar-refractivity contribution < 1.29 is 9.59 Å². The number of nitrogens with zero attached hydrogens (tertiary/aromatic N) is 2. The maximum Gasteiger partial charge on any atom is 0.274 e. The van der Waals surface area contributed by atoms with Crippen LogP contribution in [0.5, 0.6) is 0 Å². The van der Waals surface area contributed by atoms with Gasteiger partial charge in [-0.05, 0) is 49.6 Å². The van der Waals surface area contributed by atoms with Gasteiger partial charge in [-0.1, -0.05) is 30.3 Å². The Morgan fingerprint density at radius 3 is 2.43 bits per heavy atom. The van der Waals surface area contributed by atoms with Crippen LogP contribution in [0.2, 0.25) is 0 Å². The van der Waals surface area contributed by atoms with Crippen LogP contribution in [0.4, 0.5) is 11.5 Å². The van der Waals surface area contributed by atoms with Crippen LogP contribution in [-0.2, 0) is 6.42 Å². The van der Waals surface area contributed by atoms with E-state index < -0.39 is 0 Å². The van der Waals surface area contributed by atoms with Gasteiger partial charge in [-0.3, -0.25) is 9.59 Å². The van der Waals surface area contributed by atoms with E-state index in [1.165, 1.54) is 18.8 Å². The number of aromatic nitrogens is 2. The summed E-state index contributed by atoms with van der Waals surface area (Å²) in [6.45, 7) is 2.25. The van der Waals surface area contributed by atoms with Crippen LogP contribution in [-0.4, -0.2) is 28.2 Å². The molecular weight excluding hydrogens is 352 g/mol. The molecular formula is C22H22N4O2. The molecule has 1 aromatic heterocycles. The van der Waals surface area contributed by atoms with Crippen molar-refractivity contribution in [2.45, 2.75) is 19.8 Å². The fourth-order valence-corrected chi connectivity index (χ4v) is 2.72. The average molecular weight is 374 g/mol. The lowest BCUT2D eigenvalue weighted by molar-refractivity contribution is 0.101. The third-order valence-electron chi connectivity index (χ3n) is 4.24. The van der Waals surface area contributed by atoms with Crippen LogP contribution in [0.3, 0.4) is 0 Å². The first-order valence-corrected chi connectivity index (χ1v) is 9.14. The standard InChI is InChI=1S/C22H22N4O2/c1-16(27)18-9-11-19(12-10-18)26-22(28)20-14-21(25-15-24-20)23-13-5-8-17-6-3-2-4-7-17/h2-4,6-7,9-12,14-15H,5,8,13H2,1H3,(H,26,28)(H,23,24,25). The molecule has 0 spiro atoms. The van der Waals surface area contributed by atoms with Gasteiger partial charge in [0.05, 0.1) is 0 Å². The molecule has 0 bridgehead atoms. The van der Waals surface area contributed by atoms with Gasteiger partial charge in [-0.15, -0.1) is 0 Å². The zero-order chi connectivity index (χ0) is 19.8. The highest BCUT2D eigenvalue weighted by Crippen LogP contribution is 2.12. The number of aryl methyl sites for hydroxylation is 1. The van der Waals surface area contributed by atoms with Gasteiger partial charge in [0.1, 0.15) is 17.8 Å². The molecule has 6 nitrogen and oxygen atoms in total. The zero-order valence-corrected chi connectivity index (χ0v) is 15.7. The first-order valence-electron chi connectivity index (χ1n) is 9.14. The van der Waals surface area contributed by atoms with Crippen molar-refractivity contribution >= 4 is 23.2 Å². The minimum atomic E-state index is -0.328. The first kappa shape index (κ1) is 19.2. The van der Waals surface area contributed by atoms with E-state index in [1.807, 2.05) is 18.2 Å². The van der Waals surface area contributed by atoms with Crippen LogP contribution in [0, 0.1) is 0 Å². The first-order chi connectivity index (χ1) is 13.6. The van der Waals surface area contributed by atoms with Crippen LogP contribution < -0.4 is 10.6 Å². The maximum atomic E-state index is 12.4. The second kappa shape index (κ2) is 9.41. The summed E-state index contributed by atoms with van der Waals surface area (Å²) in [5, 5.41) is 6.00. The Kier molecular flexibility index (Phi) is 6.46. The van der Waals surface area contributed by atoms with Gasteiger partial charge in [0.15, 0.2) is 5.78 Å². The monoisotopic (exact) mass is 374 g/mol. The summed E-state index contributed by atoms with van der Waals surface area (Å²) in [5.74, 6) is 0.266. The van der Waals surface area contributed by atoms with Gasteiger partial charge in [0, 0.05) is 23.9 Å². The van der Waals surface area contributed by atoms with E-state index in [0.29, 0.717) is 17.1 Å². The minimum absolute atomic E-state index is 0.0170. The molecule has 1 heterocycles. The summed E-state index contributed by atoms with van der Waals surface area (Å²) >= 11 is 0. The zero-order valence-electron chi connectivity index (χ0n) is 15.7. The Bertz CT molecular complexity index is 940. The van der Waals surface area contributed by atoms with E-state index in [1.54, 1.807) is 30.3 Å². The fraction of sp³-hybridized carbons (Fsp3) is 0.182. The second-order valence-electron chi connectivity index (χ2n) is 6.39. The van der Waals surface area contributed by atoms with Crippen molar-refractivity contribution in [2.75, 3.05) is 17.2 Å². The molecule has 3 rings (SSSR count). The molecule has 142 valence electrons. The van der Waals surface area contributed by atoms with Gasteiger partial charge in [0.2, 0.25) is 0 Å². The number of ketones is 1. The highest BCUT2D eigenvalue weighted by molar-refractivity contribution is 6.03. The predicted molar refractivity (Wildman–Crippen MR) is 110 cm³/mol. The summed E-state index contributed by atoms with van der Waals surface area (Å²) in [6.07, 6.45) is 3.30. The van der Waals surface area contributed by atoms with Gasteiger partial charge < -0.3 is 10.6 Å². The molecule has 3 aromatic rings. The lowest BCUT2D eigenvalue weighted by Gasteiger charge is -2.08. The highest BCUT2D eigenvalue weighted by atomic mass is 16.2. The number of benzene rings is 2. The van der Waals surface area contributed by atoms with Gasteiger partial charge in [0.25, 0.3) is 5.91 Å². The Morgan fingerprint density at radius 2 is 1.71 bits per heavy atom. The smallest absolute Gasteiger partial charge is 0.274 e. The summed E-state index contributed by atoms with van der Waals surface area (Å²) in [6, 6.07) is 18.7. The van der Waals surface area contributed by atoms with Crippen molar-refractivity contribution in [1.29, 1.82) is 0 Å². The lowest BCUT2D eigenvalue weighted by Crippen LogP contribution is -2.15. The summed E-state index contributed by atoms with van der Waals surface area (Å²) in [5.41, 5.74) is 2.77. The molecule has 2 aromatic carbocycles. The number of nitrogens with one attached hydrogen (secondary N) is 2. The lowest BCUT2D eigenvalue weighted by atomic mass is 10.1. The summed E-state index contributed by atoms with van der Waals surface area (Å²) in [7, 11) is 0. The minimum Gasteiger partial charge on any atom is -0.370 e. The van der Waals surface area contributed by atoms with E-state index in [9.17, 15) is 9.59 Å². The molecule has 0 aliphatic rings. The number of carbonyl (C=O) groups is 2. The molecule has 6 heteroatoms. The number of hydrogen-bond acceptors (Lipinski definition) is 5. The van der Waals surface area contributed by atoms with Gasteiger partial charge >= 0.3 is 0 Å². The Labute approximate surface area is 164 Å². The third kappa shape index (κ3) is 5.48. The fourth-order valence-electron chi connectivity index (χ4n) is 2.72. The van der Waals surface area contributed by atoms with Crippen molar-refractivity contribution in [3.8, 4) is 0 Å². The molecule has 0 saturated carbocycles. The Balaban J connectivity index is 1.53. The highest BCUT2D eigenvalue weighted by Gasteiger charge is 2.09. The van der Waals surface area contributed by atoms with E-state index in [0.717, 1.165) is 19.4 Å². The van der Waals surface area contributed by atoms with Crippen LogP contribution >= 0.6 is 0 Å². The molecule has 0 aliphatic carbocycles. The normalized spacial score (nSPS) is 10.3. The molecule has 0 aliphatic heterocycles. The van der Waals surface area contributed by atoms with Gasteiger partial charge in [-0.25, -0.2) is 9.97 Å². The van der Waals surface area contributed by atoms with Crippen molar-refractivity contribution in [3.63, 3.8) is 0 Å². The van der Waals surface area contributed by atoms with E-state index in [2.05, 4.69) is 32.7 Å². The van der Waals surface area contributed by atoms with Crippen LogP contribution in [0.25, 0.3) is 0 Å². The molecule has 28 heavy (non-hydrogen) atoms. The van der Waals surface area contributed by atoms with Crippen molar-refractivity contribution in [3.05, 3.63) is 83.8 Å². The molecule has 0 fully saturated rings. The second-order valence-corrected chi connectivity index (χ2v) is 6.39. The average Bonchev–Trinajstić information content (AvgIpc) is 2.72. The van der Waals surface area contributed by atoms with E-state index in [4.69, 9.17) is 0 Å². The van der Waals surface area contributed by atoms with Crippen molar-refractivity contribution in [1.82, 2.24) is 9.97 Å². The maximum absolute atomic E-state index is 12.4. The molecule has 0 atom stereocenters. The Hall–Kier alpha value is -3.54. The topological polar surface area (TPSA) is 84.0 Å². The molecule has 0 saturated heterocycles. The summed E-state index contributed by atoms with van der Waals surface area (Å²) < 4.78 is 0. The third-order valence-corrected chi connectivity index (χ3v) is 4.24. The largest absolute Gasteiger partial charge is 0.370 e. The molecule has 1 amide bonds. The Morgan fingerprint density at radius 1 is 0.964 bits per heavy atom. The predicted octanol–water partition coefficient (Wildman–Crippen LogP) is 3.98. The number of hydrogen-bond donors (Lipinski definition) is 2. The quantitative estimate of drug-likeness (QED) is 0.460. The molecule has 0 unspecified atom stereocenters. The number of amides is 1. The van der Waals surface area contributed by atoms with Gasteiger partial charge in [-0.2, -0.15) is 0 Å². The van der Waals surface area contributed by atoms with E-state index in [-0.39, 0.29) is 17.4 Å². The number of anilines is 2. The summed E-state index contributed by atoms with van der Waals surface area (Å²) in [4.78, 5) is 31.9.